The molecule has 8 nitrogen and oxygen atoms in total. The first-order valence-corrected chi connectivity index (χ1v) is 9.43. The van der Waals surface area contributed by atoms with Gasteiger partial charge in [0.25, 0.3) is 5.91 Å². The number of carbonyl (C=O) groups is 2. The van der Waals surface area contributed by atoms with Gasteiger partial charge < -0.3 is 29.0 Å². The van der Waals surface area contributed by atoms with E-state index in [0.29, 0.717) is 53.5 Å². The van der Waals surface area contributed by atoms with E-state index in [-0.39, 0.29) is 12.5 Å². The van der Waals surface area contributed by atoms with Crippen LogP contribution in [0.3, 0.4) is 0 Å². The fourth-order valence-corrected chi connectivity index (χ4v) is 2.72. The monoisotopic (exact) mass is 417 g/mol. The minimum absolute atomic E-state index is 0.210. The maximum Gasteiger partial charge on any atom is 0.338 e. The minimum Gasteiger partial charge on any atom is -0.493 e. The van der Waals surface area contributed by atoms with Crippen LogP contribution in [0.25, 0.3) is 0 Å². The van der Waals surface area contributed by atoms with Gasteiger partial charge in [-0.1, -0.05) is 0 Å². The van der Waals surface area contributed by atoms with Crippen molar-refractivity contribution < 1.29 is 33.3 Å². The van der Waals surface area contributed by atoms with E-state index < -0.39 is 5.97 Å². The SMILES string of the molecule is COc1ccc(C(=O)NCCCCOC(=O)c2ccc(OC)c(OC)c2)cc1OC. The molecule has 8 heteroatoms. The number of esters is 1. The Morgan fingerprint density at radius 1 is 0.733 bits per heavy atom. The summed E-state index contributed by atoms with van der Waals surface area (Å²) in [5.41, 5.74) is 0.863. The third-order valence-corrected chi connectivity index (χ3v) is 4.35. The highest BCUT2D eigenvalue weighted by Crippen LogP contribution is 2.28. The summed E-state index contributed by atoms with van der Waals surface area (Å²) in [6.07, 6.45) is 1.28. The third kappa shape index (κ3) is 6.04. The van der Waals surface area contributed by atoms with Crippen molar-refractivity contribution in [2.24, 2.45) is 0 Å². The summed E-state index contributed by atoms with van der Waals surface area (Å²) in [6, 6.07) is 9.82. The van der Waals surface area contributed by atoms with Gasteiger partial charge in [-0.2, -0.15) is 0 Å². The summed E-state index contributed by atoms with van der Waals surface area (Å²) in [5, 5.41) is 2.83. The number of amides is 1. The molecule has 0 unspecified atom stereocenters. The molecule has 1 amide bonds. The van der Waals surface area contributed by atoms with Crippen LogP contribution in [0.5, 0.6) is 23.0 Å². The van der Waals surface area contributed by atoms with Gasteiger partial charge in [-0.15, -0.1) is 0 Å². The topological polar surface area (TPSA) is 92.3 Å². The van der Waals surface area contributed by atoms with Crippen molar-refractivity contribution in [1.82, 2.24) is 5.32 Å². The number of hydrogen-bond donors (Lipinski definition) is 1. The number of nitrogens with one attached hydrogen (secondary N) is 1. The fourth-order valence-electron chi connectivity index (χ4n) is 2.72. The highest BCUT2D eigenvalue weighted by atomic mass is 16.5. The van der Waals surface area contributed by atoms with Crippen LogP contribution >= 0.6 is 0 Å². The van der Waals surface area contributed by atoms with Crippen molar-refractivity contribution in [1.29, 1.82) is 0 Å². The van der Waals surface area contributed by atoms with Gasteiger partial charge >= 0.3 is 5.97 Å². The number of methoxy groups -OCH3 is 4. The van der Waals surface area contributed by atoms with E-state index >= 15 is 0 Å². The van der Waals surface area contributed by atoms with Crippen molar-refractivity contribution in [3.63, 3.8) is 0 Å². The lowest BCUT2D eigenvalue weighted by molar-refractivity contribution is 0.0497. The van der Waals surface area contributed by atoms with Crippen LogP contribution in [0, 0.1) is 0 Å². The highest BCUT2D eigenvalue weighted by Gasteiger charge is 2.12. The summed E-state index contributed by atoms with van der Waals surface area (Å²) in [6.45, 7) is 0.709. The quantitative estimate of drug-likeness (QED) is 0.444. The van der Waals surface area contributed by atoms with Gasteiger partial charge in [-0.05, 0) is 49.2 Å². The molecule has 0 radical (unpaired) electrons. The van der Waals surface area contributed by atoms with Gasteiger partial charge in [-0.25, -0.2) is 4.79 Å². The zero-order chi connectivity index (χ0) is 21.9. The number of carbonyl (C=O) groups excluding carboxylic acids is 2. The normalized spacial score (nSPS) is 10.1. The summed E-state index contributed by atoms with van der Waals surface area (Å²) in [5.74, 6) is 1.41. The minimum atomic E-state index is -0.440. The molecule has 1 N–H and O–H groups in total. The fraction of sp³-hybridized carbons (Fsp3) is 0.364. The molecule has 0 saturated carbocycles. The number of hydrogen-bond acceptors (Lipinski definition) is 7. The lowest BCUT2D eigenvalue weighted by Gasteiger charge is -2.10. The molecule has 0 fully saturated rings. The van der Waals surface area contributed by atoms with Crippen molar-refractivity contribution >= 4 is 11.9 Å². The zero-order valence-corrected chi connectivity index (χ0v) is 17.7. The van der Waals surface area contributed by atoms with Crippen LogP contribution in [0.1, 0.15) is 33.6 Å². The Bertz CT molecular complexity index is 795. The Kier molecular flexibility index (Phi) is 8.80. The second-order valence-corrected chi connectivity index (χ2v) is 6.24. The van der Waals surface area contributed by atoms with Crippen LogP contribution in [-0.4, -0.2) is 53.5 Å². The second-order valence-electron chi connectivity index (χ2n) is 6.24. The molecular weight excluding hydrogens is 390 g/mol. The van der Waals surface area contributed by atoms with Crippen LogP contribution in [0.4, 0.5) is 0 Å². The van der Waals surface area contributed by atoms with Gasteiger partial charge in [0.15, 0.2) is 23.0 Å². The van der Waals surface area contributed by atoms with Gasteiger partial charge in [0.2, 0.25) is 0 Å². The second kappa shape index (κ2) is 11.5. The average Bonchev–Trinajstić information content (AvgIpc) is 2.79. The molecule has 30 heavy (non-hydrogen) atoms. The Balaban J connectivity index is 1.73. The molecule has 0 aliphatic carbocycles. The molecule has 162 valence electrons. The number of rotatable bonds is 11. The molecule has 0 bridgehead atoms. The first-order valence-electron chi connectivity index (χ1n) is 9.43. The van der Waals surface area contributed by atoms with E-state index in [1.807, 2.05) is 0 Å². The first-order chi connectivity index (χ1) is 14.5. The van der Waals surface area contributed by atoms with E-state index in [0.717, 1.165) is 0 Å². The Morgan fingerprint density at radius 2 is 1.27 bits per heavy atom. The van der Waals surface area contributed by atoms with Gasteiger partial charge in [0.05, 0.1) is 40.6 Å². The maximum atomic E-state index is 12.2. The number of ether oxygens (including phenoxy) is 5. The van der Waals surface area contributed by atoms with Crippen LogP contribution < -0.4 is 24.3 Å². The largest absolute Gasteiger partial charge is 0.493 e. The predicted octanol–water partition coefficient (Wildman–Crippen LogP) is 3.09. The number of benzene rings is 2. The summed E-state index contributed by atoms with van der Waals surface area (Å²) >= 11 is 0. The molecule has 0 aliphatic heterocycles. The van der Waals surface area contributed by atoms with Crippen molar-refractivity contribution in [2.45, 2.75) is 12.8 Å². The number of unbranched alkanes of at least 4 members (excludes halogenated alkanes) is 1. The summed E-state index contributed by atoms with van der Waals surface area (Å²) in [7, 11) is 6.08. The van der Waals surface area contributed by atoms with Crippen LogP contribution in [0.2, 0.25) is 0 Å². The average molecular weight is 417 g/mol. The molecule has 2 aromatic carbocycles. The molecule has 2 rings (SSSR count). The Morgan fingerprint density at radius 3 is 1.83 bits per heavy atom. The van der Waals surface area contributed by atoms with E-state index in [4.69, 9.17) is 23.7 Å². The smallest absolute Gasteiger partial charge is 0.338 e. The summed E-state index contributed by atoms with van der Waals surface area (Å²) in [4.78, 5) is 24.4. The van der Waals surface area contributed by atoms with Crippen LogP contribution in [0.15, 0.2) is 36.4 Å². The lowest BCUT2D eigenvalue weighted by Crippen LogP contribution is -2.24. The standard InChI is InChI=1S/C22H27NO7/c1-26-17-9-7-15(13-19(17)28-3)21(24)23-11-5-6-12-30-22(25)16-8-10-18(27-2)20(14-16)29-4/h7-10,13-14H,5-6,11-12H2,1-4H3,(H,23,24). The van der Waals surface area contributed by atoms with Crippen molar-refractivity contribution in [3.8, 4) is 23.0 Å². The zero-order valence-electron chi connectivity index (χ0n) is 17.7. The molecule has 0 saturated heterocycles. The maximum absolute atomic E-state index is 12.2. The molecule has 0 spiro atoms. The van der Waals surface area contributed by atoms with Crippen molar-refractivity contribution in [3.05, 3.63) is 47.5 Å². The van der Waals surface area contributed by atoms with Gasteiger partial charge in [0, 0.05) is 12.1 Å². The molecule has 0 aromatic heterocycles. The third-order valence-electron chi connectivity index (χ3n) is 4.35. The molecule has 2 aromatic rings. The predicted molar refractivity (Wildman–Crippen MR) is 111 cm³/mol. The lowest BCUT2D eigenvalue weighted by atomic mass is 10.2. The molecule has 0 heterocycles. The van der Waals surface area contributed by atoms with Crippen LogP contribution in [-0.2, 0) is 4.74 Å². The van der Waals surface area contributed by atoms with Gasteiger partial charge in [0.1, 0.15) is 0 Å². The Hall–Kier alpha value is -3.42. The van der Waals surface area contributed by atoms with E-state index in [2.05, 4.69) is 5.32 Å². The Labute approximate surface area is 176 Å². The van der Waals surface area contributed by atoms with Crippen molar-refractivity contribution in [2.75, 3.05) is 41.6 Å². The molecule has 0 aliphatic rings. The first kappa shape index (κ1) is 22.9. The van der Waals surface area contributed by atoms with E-state index in [1.165, 1.54) is 28.4 Å². The summed E-state index contributed by atoms with van der Waals surface area (Å²) < 4.78 is 26.0. The van der Waals surface area contributed by atoms with E-state index in [9.17, 15) is 9.59 Å². The highest BCUT2D eigenvalue weighted by molar-refractivity contribution is 5.94. The molecular formula is C22H27NO7. The van der Waals surface area contributed by atoms with E-state index in [1.54, 1.807) is 36.4 Å². The van der Waals surface area contributed by atoms with Gasteiger partial charge in [-0.3, -0.25) is 4.79 Å². The molecule has 0 atom stereocenters.